The van der Waals surface area contributed by atoms with E-state index in [0.717, 1.165) is 16.7 Å². The van der Waals surface area contributed by atoms with Gasteiger partial charge in [-0.3, -0.25) is 0 Å². The van der Waals surface area contributed by atoms with E-state index in [0.29, 0.717) is 17.7 Å². The molecule has 0 heterocycles. The second-order valence-electron chi connectivity index (χ2n) is 7.55. The molecule has 0 aliphatic heterocycles. The standard InChI is InChI=1S/C29H24O5/c30-28(21-33-26-16-14-24(15-17-26)23-10-5-2-6-11-23)34-27-13-7-12-25(20-27)29(31)32-19-18-22-8-3-1-4-9-22/h1-17,20H,18-19,21H2. The Labute approximate surface area is 198 Å². The summed E-state index contributed by atoms with van der Waals surface area (Å²) >= 11 is 0. The zero-order valence-electron chi connectivity index (χ0n) is 18.6. The van der Waals surface area contributed by atoms with Crippen LogP contribution in [0.2, 0.25) is 0 Å². The van der Waals surface area contributed by atoms with Crippen molar-refractivity contribution in [1.29, 1.82) is 0 Å². The molecule has 0 aromatic heterocycles. The summed E-state index contributed by atoms with van der Waals surface area (Å²) in [4.78, 5) is 24.5. The molecule has 0 saturated carbocycles. The minimum Gasteiger partial charge on any atom is -0.482 e. The summed E-state index contributed by atoms with van der Waals surface area (Å²) in [5.41, 5.74) is 3.57. The zero-order valence-corrected chi connectivity index (χ0v) is 18.6. The van der Waals surface area contributed by atoms with Crippen molar-refractivity contribution in [2.45, 2.75) is 6.42 Å². The van der Waals surface area contributed by atoms with E-state index in [2.05, 4.69) is 0 Å². The lowest BCUT2D eigenvalue weighted by Crippen LogP contribution is -2.18. The van der Waals surface area contributed by atoms with Crippen molar-refractivity contribution >= 4 is 11.9 Å². The Morgan fingerprint density at radius 1 is 0.647 bits per heavy atom. The maximum Gasteiger partial charge on any atom is 0.349 e. The first-order valence-corrected chi connectivity index (χ1v) is 11.0. The van der Waals surface area contributed by atoms with Gasteiger partial charge in [-0.15, -0.1) is 0 Å². The van der Waals surface area contributed by atoms with Gasteiger partial charge in [0.1, 0.15) is 11.5 Å². The van der Waals surface area contributed by atoms with Crippen LogP contribution in [0, 0.1) is 0 Å². The fourth-order valence-corrected chi connectivity index (χ4v) is 3.35. The van der Waals surface area contributed by atoms with Gasteiger partial charge in [0.25, 0.3) is 0 Å². The largest absolute Gasteiger partial charge is 0.482 e. The van der Waals surface area contributed by atoms with Crippen molar-refractivity contribution in [2.24, 2.45) is 0 Å². The highest BCUT2D eigenvalue weighted by atomic mass is 16.6. The van der Waals surface area contributed by atoms with Crippen LogP contribution in [-0.2, 0) is 16.0 Å². The summed E-state index contributed by atoms with van der Waals surface area (Å²) in [6.45, 7) is 0.0141. The molecule has 5 heteroatoms. The summed E-state index contributed by atoms with van der Waals surface area (Å²) in [5, 5.41) is 0. The molecule has 0 N–H and O–H groups in total. The van der Waals surface area contributed by atoms with E-state index in [1.807, 2.05) is 84.9 Å². The van der Waals surface area contributed by atoms with E-state index in [1.165, 1.54) is 6.07 Å². The highest BCUT2D eigenvalue weighted by Crippen LogP contribution is 2.22. The van der Waals surface area contributed by atoms with Gasteiger partial charge in [-0.1, -0.05) is 78.9 Å². The van der Waals surface area contributed by atoms with E-state index >= 15 is 0 Å². The number of hydrogen-bond acceptors (Lipinski definition) is 5. The summed E-state index contributed by atoms with van der Waals surface area (Å²) in [7, 11) is 0. The van der Waals surface area contributed by atoms with E-state index in [9.17, 15) is 9.59 Å². The average molecular weight is 453 g/mol. The smallest absolute Gasteiger partial charge is 0.349 e. The van der Waals surface area contributed by atoms with Crippen LogP contribution in [0.4, 0.5) is 0 Å². The lowest BCUT2D eigenvalue weighted by Gasteiger charge is -2.09. The first-order chi connectivity index (χ1) is 16.7. The average Bonchev–Trinajstić information content (AvgIpc) is 2.89. The lowest BCUT2D eigenvalue weighted by molar-refractivity contribution is -0.136. The molecule has 4 aromatic carbocycles. The molecule has 170 valence electrons. The lowest BCUT2D eigenvalue weighted by atomic mass is 10.1. The van der Waals surface area contributed by atoms with Gasteiger partial charge in [0, 0.05) is 6.42 Å². The Balaban J connectivity index is 1.25. The topological polar surface area (TPSA) is 61.8 Å². The molecule has 0 amide bonds. The zero-order chi connectivity index (χ0) is 23.6. The summed E-state index contributed by atoms with van der Waals surface area (Å²) < 4.78 is 16.2. The molecule has 0 unspecified atom stereocenters. The number of carbonyl (C=O) groups is 2. The van der Waals surface area contributed by atoms with Gasteiger partial charge in [-0.2, -0.15) is 0 Å². The van der Waals surface area contributed by atoms with Crippen molar-refractivity contribution in [3.63, 3.8) is 0 Å². The molecular weight excluding hydrogens is 428 g/mol. The van der Waals surface area contributed by atoms with Crippen LogP contribution in [0.5, 0.6) is 11.5 Å². The van der Waals surface area contributed by atoms with Crippen molar-refractivity contribution in [3.05, 3.63) is 120 Å². The molecule has 0 saturated heterocycles. The summed E-state index contributed by atoms with van der Waals surface area (Å²) in [6.07, 6.45) is 0.630. The highest BCUT2D eigenvalue weighted by molar-refractivity contribution is 5.90. The van der Waals surface area contributed by atoms with Crippen molar-refractivity contribution < 1.29 is 23.8 Å². The molecule has 4 aromatic rings. The highest BCUT2D eigenvalue weighted by Gasteiger charge is 2.11. The Bertz CT molecular complexity index is 1220. The maximum absolute atomic E-state index is 12.3. The first-order valence-electron chi connectivity index (χ1n) is 11.0. The van der Waals surface area contributed by atoms with E-state index in [4.69, 9.17) is 14.2 Å². The van der Waals surface area contributed by atoms with Crippen LogP contribution in [0.1, 0.15) is 15.9 Å². The Hall–Kier alpha value is -4.38. The number of carbonyl (C=O) groups excluding carboxylic acids is 2. The van der Waals surface area contributed by atoms with Crippen LogP contribution in [-0.4, -0.2) is 25.2 Å². The van der Waals surface area contributed by atoms with Crippen LogP contribution >= 0.6 is 0 Å². The molecule has 0 atom stereocenters. The number of hydrogen-bond donors (Lipinski definition) is 0. The molecule has 0 spiro atoms. The van der Waals surface area contributed by atoms with Gasteiger partial charge < -0.3 is 14.2 Å². The van der Waals surface area contributed by atoms with Crippen LogP contribution in [0.15, 0.2) is 109 Å². The predicted molar refractivity (Wildman–Crippen MR) is 130 cm³/mol. The molecule has 4 rings (SSSR count). The third-order valence-corrected chi connectivity index (χ3v) is 5.09. The quantitative estimate of drug-likeness (QED) is 0.239. The minimum absolute atomic E-state index is 0.254. The molecule has 0 aliphatic rings. The monoisotopic (exact) mass is 452 g/mol. The van der Waals surface area contributed by atoms with Crippen molar-refractivity contribution in [2.75, 3.05) is 13.2 Å². The molecule has 34 heavy (non-hydrogen) atoms. The van der Waals surface area contributed by atoms with Gasteiger partial charge in [0.15, 0.2) is 6.61 Å². The Morgan fingerprint density at radius 2 is 1.32 bits per heavy atom. The Morgan fingerprint density at radius 3 is 2.06 bits per heavy atom. The number of benzene rings is 4. The molecule has 0 fully saturated rings. The van der Waals surface area contributed by atoms with E-state index in [-0.39, 0.29) is 19.0 Å². The van der Waals surface area contributed by atoms with E-state index in [1.54, 1.807) is 18.2 Å². The van der Waals surface area contributed by atoms with Gasteiger partial charge in [-0.05, 0) is 47.0 Å². The number of rotatable bonds is 9. The molecular formula is C29H24O5. The Kier molecular flexibility index (Phi) is 7.70. The second kappa shape index (κ2) is 11.5. The minimum atomic E-state index is -0.568. The second-order valence-corrected chi connectivity index (χ2v) is 7.55. The third-order valence-electron chi connectivity index (χ3n) is 5.09. The normalized spacial score (nSPS) is 10.4. The first kappa shape index (κ1) is 22.8. The fraction of sp³-hybridized carbons (Fsp3) is 0.103. The third kappa shape index (κ3) is 6.56. The molecule has 0 radical (unpaired) electrons. The molecule has 5 nitrogen and oxygen atoms in total. The maximum atomic E-state index is 12.3. The molecule has 0 bridgehead atoms. The summed E-state index contributed by atoms with van der Waals surface area (Å²) in [5.74, 6) is -0.219. The van der Waals surface area contributed by atoms with Gasteiger partial charge in [0.2, 0.25) is 0 Å². The SMILES string of the molecule is O=C(COc1ccc(-c2ccccc2)cc1)Oc1cccc(C(=O)OCCc2ccccc2)c1. The number of ether oxygens (including phenoxy) is 3. The van der Waals surface area contributed by atoms with Crippen molar-refractivity contribution in [1.82, 2.24) is 0 Å². The van der Waals surface area contributed by atoms with E-state index < -0.39 is 11.9 Å². The summed E-state index contributed by atoms with van der Waals surface area (Å²) in [6, 6.07) is 33.6. The van der Waals surface area contributed by atoms with Crippen LogP contribution < -0.4 is 9.47 Å². The van der Waals surface area contributed by atoms with Crippen LogP contribution in [0.3, 0.4) is 0 Å². The predicted octanol–water partition coefficient (Wildman–Crippen LogP) is 5.74. The van der Waals surface area contributed by atoms with Gasteiger partial charge >= 0.3 is 11.9 Å². The number of esters is 2. The molecule has 0 aliphatic carbocycles. The van der Waals surface area contributed by atoms with Crippen molar-refractivity contribution in [3.8, 4) is 22.6 Å². The fourth-order valence-electron chi connectivity index (χ4n) is 3.35. The van der Waals surface area contributed by atoms with Gasteiger partial charge in [-0.25, -0.2) is 9.59 Å². The van der Waals surface area contributed by atoms with Crippen LogP contribution in [0.25, 0.3) is 11.1 Å². The van der Waals surface area contributed by atoms with Gasteiger partial charge in [0.05, 0.1) is 12.2 Å².